The van der Waals surface area contributed by atoms with Crippen molar-refractivity contribution in [3.8, 4) is 22.6 Å². The summed E-state index contributed by atoms with van der Waals surface area (Å²) in [4.78, 5) is 17.0. The molecule has 0 saturated heterocycles. The number of hydrogen-bond acceptors (Lipinski definition) is 5. The molecule has 0 aliphatic carbocycles. The topological polar surface area (TPSA) is 57.1 Å². The molecule has 0 amide bonds. The SMILES string of the molecule is COc1cc(/C=C2\N=C(c3ccc(-c4ccccc4)cc3)OC2=O)cc(Cl)c1OCCc1ccccc1. The zero-order valence-electron chi connectivity index (χ0n) is 20.2. The van der Waals surface area contributed by atoms with Gasteiger partial charge in [-0.3, -0.25) is 0 Å². The van der Waals surface area contributed by atoms with Crippen LogP contribution in [-0.4, -0.2) is 25.6 Å². The molecule has 37 heavy (non-hydrogen) atoms. The van der Waals surface area contributed by atoms with E-state index in [0.29, 0.717) is 34.3 Å². The molecule has 1 heterocycles. The quantitative estimate of drug-likeness (QED) is 0.190. The van der Waals surface area contributed by atoms with E-state index in [1.165, 1.54) is 5.56 Å². The Kier molecular flexibility index (Phi) is 7.33. The Labute approximate surface area is 220 Å². The van der Waals surface area contributed by atoms with Crippen molar-refractivity contribution in [3.63, 3.8) is 0 Å². The number of benzene rings is 4. The van der Waals surface area contributed by atoms with Gasteiger partial charge in [-0.25, -0.2) is 9.79 Å². The van der Waals surface area contributed by atoms with Crippen molar-refractivity contribution in [2.24, 2.45) is 4.99 Å². The minimum Gasteiger partial charge on any atom is -0.493 e. The monoisotopic (exact) mass is 509 g/mol. The van der Waals surface area contributed by atoms with Crippen molar-refractivity contribution in [2.45, 2.75) is 6.42 Å². The first kappa shape index (κ1) is 24.3. The van der Waals surface area contributed by atoms with Crippen LogP contribution in [0.15, 0.2) is 108 Å². The van der Waals surface area contributed by atoms with Crippen molar-refractivity contribution >= 4 is 29.5 Å². The average Bonchev–Trinajstić information content (AvgIpc) is 3.30. The van der Waals surface area contributed by atoms with Gasteiger partial charge in [-0.2, -0.15) is 0 Å². The first-order chi connectivity index (χ1) is 18.1. The van der Waals surface area contributed by atoms with E-state index in [1.807, 2.05) is 84.9 Å². The number of cyclic esters (lactones) is 1. The molecule has 0 N–H and O–H groups in total. The first-order valence-corrected chi connectivity index (χ1v) is 12.2. The van der Waals surface area contributed by atoms with Crippen LogP contribution >= 0.6 is 11.6 Å². The molecule has 0 atom stereocenters. The van der Waals surface area contributed by atoms with E-state index in [9.17, 15) is 4.79 Å². The highest BCUT2D eigenvalue weighted by molar-refractivity contribution is 6.32. The van der Waals surface area contributed by atoms with Crippen LogP contribution in [0, 0.1) is 0 Å². The number of esters is 1. The molecule has 4 aromatic rings. The Morgan fingerprint density at radius 2 is 1.51 bits per heavy atom. The molecular formula is C31H24ClNO4. The Morgan fingerprint density at radius 1 is 0.865 bits per heavy atom. The maximum Gasteiger partial charge on any atom is 0.363 e. The van der Waals surface area contributed by atoms with Gasteiger partial charge in [0.1, 0.15) is 0 Å². The minimum absolute atomic E-state index is 0.179. The van der Waals surface area contributed by atoms with E-state index in [2.05, 4.69) is 4.99 Å². The van der Waals surface area contributed by atoms with E-state index in [4.69, 9.17) is 25.8 Å². The molecule has 6 heteroatoms. The highest BCUT2D eigenvalue weighted by Crippen LogP contribution is 2.37. The predicted octanol–water partition coefficient (Wildman–Crippen LogP) is 6.98. The lowest BCUT2D eigenvalue weighted by Crippen LogP contribution is -2.05. The van der Waals surface area contributed by atoms with Gasteiger partial charge < -0.3 is 14.2 Å². The van der Waals surface area contributed by atoms with Gasteiger partial charge in [0.05, 0.1) is 18.7 Å². The summed E-state index contributed by atoms with van der Waals surface area (Å²) in [5.74, 6) is 0.661. The number of methoxy groups -OCH3 is 1. The maximum absolute atomic E-state index is 12.5. The van der Waals surface area contributed by atoms with Gasteiger partial charge in [0, 0.05) is 12.0 Å². The van der Waals surface area contributed by atoms with Crippen LogP contribution in [0.5, 0.6) is 11.5 Å². The molecule has 0 spiro atoms. The van der Waals surface area contributed by atoms with Gasteiger partial charge in [0.2, 0.25) is 5.90 Å². The summed E-state index contributed by atoms with van der Waals surface area (Å²) in [6.07, 6.45) is 2.36. The van der Waals surface area contributed by atoms with Crippen molar-refractivity contribution in [2.75, 3.05) is 13.7 Å². The minimum atomic E-state index is -0.527. The van der Waals surface area contributed by atoms with Crippen molar-refractivity contribution in [3.05, 3.63) is 124 Å². The smallest absolute Gasteiger partial charge is 0.363 e. The molecule has 5 nitrogen and oxygen atoms in total. The van der Waals surface area contributed by atoms with Crippen LogP contribution < -0.4 is 9.47 Å². The van der Waals surface area contributed by atoms with Crippen molar-refractivity contribution < 1.29 is 19.0 Å². The highest BCUT2D eigenvalue weighted by Gasteiger charge is 2.24. The normalized spacial score (nSPS) is 13.8. The van der Waals surface area contributed by atoms with Gasteiger partial charge >= 0.3 is 5.97 Å². The number of hydrogen-bond donors (Lipinski definition) is 0. The summed E-state index contributed by atoms with van der Waals surface area (Å²) in [5.41, 5.74) is 4.89. The fourth-order valence-electron chi connectivity index (χ4n) is 4.01. The van der Waals surface area contributed by atoms with Crippen LogP contribution in [0.25, 0.3) is 17.2 Å². The number of halogens is 1. The van der Waals surface area contributed by atoms with Gasteiger partial charge in [0.25, 0.3) is 0 Å². The van der Waals surface area contributed by atoms with Gasteiger partial charge in [-0.1, -0.05) is 84.4 Å². The summed E-state index contributed by atoms with van der Waals surface area (Å²) in [6.45, 7) is 0.448. The zero-order chi connectivity index (χ0) is 25.6. The number of carbonyl (C=O) groups excluding carboxylic acids is 1. The summed E-state index contributed by atoms with van der Waals surface area (Å²) < 4.78 is 16.9. The summed E-state index contributed by atoms with van der Waals surface area (Å²) in [6, 6.07) is 31.3. The largest absolute Gasteiger partial charge is 0.493 e. The number of ether oxygens (including phenoxy) is 3. The lowest BCUT2D eigenvalue weighted by Gasteiger charge is -2.13. The lowest BCUT2D eigenvalue weighted by atomic mass is 10.0. The molecule has 0 fully saturated rings. The molecule has 0 aromatic heterocycles. The summed E-state index contributed by atoms with van der Waals surface area (Å²) in [7, 11) is 1.55. The molecule has 5 rings (SSSR count). The zero-order valence-corrected chi connectivity index (χ0v) is 20.9. The van der Waals surface area contributed by atoms with Crippen molar-refractivity contribution in [1.82, 2.24) is 0 Å². The third kappa shape index (κ3) is 5.74. The molecule has 0 radical (unpaired) electrons. The maximum atomic E-state index is 12.5. The third-order valence-electron chi connectivity index (χ3n) is 5.89. The Bertz CT molecular complexity index is 1460. The van der Waals surface area contributed by atoms with Crippen LogP contribution in [0.4, 0.5) is 0 Å². The molecular weight excluding hydrogens is 486 g/mol. The molecule has 0 bridgehead atoms. The van der Waals surface area contributed by atoms with Crippen LogP contribution in [-0.2, 0) is 16.0 Å². The second-order valence-electron chi connectivity index (χ2n) is 8.40. The van der Waals surface area contributed by atoms with E-state index >= 15 is 0 Å². The molecule has 1 aliphatic rings. The Hall–Kier alpha value is -4.35. The predicted molar refractivity (Wildman–Crippen MR) is 146 cm³/mol. The molecule has 0 unspecified atom stereocenters. The third-order valence-corrected chi connectivity index (χ3v) is 6.18. The summed E-state index contributed by atoms with van der Waals surface area (Å²) >= 11 is 6.52. The fourth-order valence-corrected chi connectivity index (χ4v) is 4.28. The number of rotatable bonds is 8. The second kappa shape index (κ2) is 11.1. The van der Waals surface area contributed by atoms with Crippen LogP contribution in [0.1, 0.15) is 16.7 Å². The Morgan fingerprint density at radius 3 is 2.22 bits per heavy atom. The standard InChI is InChI=1S/C31H24ClNO4/c1-35-28-20-22(18-26(32)29(28)36-17-16-21-8-4-2-5-9-21)19-27-31(34)37-30(33-27)25-14-12-24(13-15-25)23-10-6-3-7-11-23/h2-15,18-20H,16-17H2,1H3/b27-19-. The molecule has 184 valence electrons. The van der Waals surface area contributed by atoms with Gasteiger partial charge in [-0.15, -0.1) is 0 Å². The van der Waals surface area contributed by atoms with E-state index in [1.54, 1.807) is 25.3 Å². The van der Waals surface area contributed by atoms with E-state index < -0.39 is 5.97 Å². The fraction of sp³-hybridized carbons (Fsp3) is 0.0968. The molecule has 0 saturated carbocycles. The molecule has 1 aliphatic heterocycles. The lowest BCUT2D eigenvalue weighted by molar-refractivity contribution is -0.129. The number of carbonyl (C=O) groups is 1. The highest BCUT2D eigenvalue weighted by atomic mass is 35.5. The second-order valence-corrected chi connectivity index (χ2v) is 8.80. The van der Waals surface area contributed by atoms with E-state index in [0.717, 1.165) is 17.5 Å². The number of aliphatic imine (C=N–C) groups is 1. The average molecular weight is 510 g/mol. The van der Waals surface area contributed by atoms with Gasteiger partial charge in [0.15, 0.2) is 17.2 Å². The van der Waals surface area contributed by atoms with E-state index in [-0.39, 0.29) is 11.6 Å². The van der Waals surface area contributed by atoms with Crippen LogP contribution in [0.3, 0.4) is 0 Å². The first-order valence-electron chi connectivity index (χ1n) is 11.8. The van der Waals surface area contributed by atoms with Crippen LogP contribution in [0.2, 0.25) is 5.02 Å². The Balaban J connectivity index is 1.33. The van der Waals surface area contributed by atoms with Gasteiger partial charge in [-0.05, 0) is 52.6 Å². The number of nitrogens with zero attached hydrogens (tertiary/aromatic N) is 1. The summed E-state index contributed by atoms with van der Waals surface area (Å²) in [5, 5.41) is 0.381. The molecule has 4 aromatic carbocycles. The van der Waals surface area contributed by atoms with Crippen molar-refractivity contribution in [1.29, 1.82) is 0 Å².